The number of hydrogen-bond acceptors (Lipinski definition) is 3. The molecule has 0 fully saturated rings. The molecule has 0 saturated carbocycles. The van der Waals surface area contributed by atoms with Crippen LogP contribution in [0.4, 0.5) is 5.69 Å². The molecule has 18 heavy (non-hydrogen) atoms. The van der Waals surface area contributed by atoms with Crippen molar-refractivity contribution in [2.45, 2.75) is 25.3 Å². The Labute approximate surface area is 107 Å². The smallest absolute Gasteiger partial charge is 0.303 e. The van der Waals surface area contributed by atoms with E-state index in [1.165, 1.54) is 5.56 Å². The maximum Gasteiger partial charge on any atom is 0.303 e. The minimum atomic E-state index is -0.824. The van der Waals surface area contributed by atoms with Gasteiger partial charge in [0.15, 0.2) is 0 Å². The van der Waals surface area contributed by atoms with Crippen LogP contribution < -0.4 is 11.1 Å². The van der Waals surface area contributed by atoms with E-state index in [9.17, 15) is 4.79 Å². The van der Waals surface area contributed by atoms with Crippen molar-refractivity contribution < 1.29 is 9.90 Å². The lowest BCUT2D eigenvalue weighted by Crippen LogP contribution is -2.30. The molecule has 4 heteroatoms. The molecule has 4 N–H and O–H groups in total. The fourth-order valence-electron chi connectivity index (χ4n) is 1.59. The molecule has 0 amide bonds. The Bertz CT molecular complexity index is 420. The number of benzene rings is 1. The normalized spacial score (nSPS) is 11.7. The number of nitrogen functional groups attached to an aromatic ring is 1. The maximum atomic E-state index is 10.4. The van der Waals surface area contributed by atoms with Crippen molar-refractivity contribution >= 4 is 11.7 Å². The van der Waals surface area contributed by atoms with E-state index in [0.29, 0.717) is 6.42 Å². The highest BCUT2D eigenvalue weighted by molar-refractivity contribution is 5.66. The van der Waals surface area contributed by atoms with Crippen molar-refractivity contribution in [1.29, 1.82) is 0 Å². The molecule has 0 radical (unpaired) electrons. The van der Waals surface area contributed by atoms with Crippen LogP contribution in [0.5, 0.6) is 0 Å². The third kappa shape index (κ3) is 5.37. The summed E-state index contributed by atoms with van der Waals surface area (Å²) in [6.45, 7) is 0.721. The highest BCUT2D eigenvalue weighted by atomic mass is 16.4. The first-order valence-electron chi connectivity index (χ1n) is 5.87. The zero-order chi connectivity index (χ0) is 13.4. The second-order valence-corrected chi connectivity index (χ2v) is 4.10. The van der Waals surface area contributed by atoms with E-state index in [2.05, 4.69) is 11.2 Å². The van der Waals surface area contributed by atoms with Gasteiger partial charge in [0, 0.05) is 18.7 Å². The number of carbonyl (C=O) groups is 1. The Hall–Kier alpha value is -1.99. The molecule has 96 valence electrons. The van der Waals surface area contributed by atoms with Gasteiger partial charge < -0.3 is 16.2 Å². The van der Waals surface area contributed by atoms with Gasteiger partial charge in [0.05, 0.1) is 6.04 Å². The van der Waals surface area contributed by atoms with E-state index in [1.54, 1.807) is 0 Å². The lowest BCUT2D eigenvalue weighted by Gasteiger charge is -2.11. The number of nitrogens with two attached hydrogens (primary N) is 1. The Balaban J connectivity index is 2.29. The van der Waals surface area contributed by atoms with Gasteiger partial charge in [-0.15, -0.1) is 6.42 Å². The standard InChI is InChI=1S/C14H18N2O2/c1-2-13(7-8-14(17)18)16-10-9-11-3-5-12(15)6-4-11/h1,3-6,13,16H,7-10,15H2,(H,17,18). The summed E-state index contributed by atoms with van der Waals surface area (Å²) in [4.78, 5) is 10.4. The molecule has 0 spiro atoms. The fraction of sp³-hybridized carbons (Fsp3) is 0.357. The summed E-state index contributed by atoms with van der Waals surface area (Å²) in [5, 5.41) is 11.7. The second-order valence-electron chi connectivity index (χ2n) is 4.10. The number of anilines is 1. The van der Waals surface area contributed by atoms with Crippen molar-refractivity contribution in [2.75, 3.05) is 12.3 Å². The summed E-state index contributed by atoms with van der Waals surface area (Å²) in [7, 11) is 0. The van der Waals surface area contributed by atoms with E-state index >= 15 is 0 Å². The number of hydrogen-bond donors (Lipinski definition) is 3. The molecule has 1 unspecified atom stereocenters. The van der Waals surface area contributed by atoms with Crippen molar-refractivity contribution in [3.05, 3.63) is 29.8 Å². The first-order chi connectivity index (χ1) is 8.61. The van der Waals surface area contributed by atoms with Gasteiger partial charge in [0.2, 0.25) is 0 Å². The van der Waals surface area contributed by atoms with E-state index in [-0.39, 0.29) is 12.5 Å². The average molecular weight is 246 g/mol. The van der Waals surface area contributed by atoms with Gasteiger partial charge in [-0.25, -0.2) is 0 Å². The molecular formula is C14H18N2O2. The molecule has 0 aromatic heterocycles. The monoisotopic (exact) mass is 246 g/mol. The molecule has 1 aromatic carbocycles. The van der Waals surface area contributed by atoms with Crippen LogP contribution in [0, 0.1) is 12.3 Å². The third-order valence-electron chi connectivity index (χ3n) is 2.63. The summed E-state index contributed by atoms with van der Waals surface area (Å²) in [5.41, 5.74) is 7.51. The molecule has 4 nitrogen and oxygen atoms in total. The van der Waals surface area contributed by atoms with Gasteiger partial charge in [-0.05, 0) is 30.5 Å². The number of rotatable bonds is 7. The van der Waals surface area contributed by atoms with Gasteiger partial charge >= 0.3 is 5.97 Å². The van der Waals surface area contributed by atoms with Crippen LogP contribution in [-0.4, -0.2) is 23.7 Å². The van der Waals surface area contributed by atoms with Crippen molar-refractivity contribution in [2.24, 2.45) is 0 Å². The fourth-order valence-corrected chi connectivity index (χ4v) is 1.59. The topological polar surface area (TPSA) is 75.3 Å². The number of nitrogens with one attached hydrogen (secondary N) is 1. The van der Waals surface area contributed by atoms with Gasteiger partial charge in [0.1, 0.15) is 0 Å². The molecule has 0 heterocycles. The van der Waals surface area contributed by atoms with E-state index in [0.717, 1.165) is 18.7 Å². The summed E-state index contributed by atoms with van der Waals surface area (Å²) in [5.74, 6) is 1.73. The van der Waals surface area contributed by atoms with Gasteiger partial charge in [-0.1, -0.05) is 18.1 Å². The largest absolute Gasteiger partial charge is 0.481 e. The molecule has 1 rings (SSSR count). The van der Waals surface area contributed by atoms with Gasteiger partial charge in [-0.3, -0.25) is 4.79 Å². The molecule has 0 aliphatic heterocycles. The molecule has 0 aliphatic rings. The van der Waals surface area contributed by atoms with Crippen LogP contribution in [0.2, 0.25) is 0 Å². The van der Waals surface area contributed by atoms with Crippen molar-refractivity contribution in [3.63, 3.8) is 0 Å². The summed E-state index contributed by atoms with van der Waals surface area (Å²) >= 11 is 0. The predicted octanol–water partition coefficient (Wildman–Crippen LogP) is 1.27. The SMILES string of the molecule is C#CC(CCC(=O)O)NCCc1ccc(N)cc1. The van der Waals surface area contributed by atoms with Crippen molar-refractivity contribution in [1.82, 2.24) is 5.32 Å². The van der Waals surface area contributed by atoms with Crippen molar-refractivity contribution in [3.8, 4) is 12.3 Å². The minimum absolute atomic E-state index is 0.0870. The Kier molecular flexibility index (Phi) is 5.75. The zero-order valence-corrected chi connectivity index (χ0v) is 10.2. The third-order valence-corrected chi connectivity index (χ3v) is 2.63. The van der Waals surface area contributed by atoms with E-state index < -0.39 is 5.97 Å². The lowest BCUT2D eigenvalue weighted by atomic mass is 10.1. The van der Waals surface area contributed by atoms with Crippen LogP contribution in [0.3, 0.4) is 0 Å². The van der Waals surface area contributed by atoms with Gasteiger partial charge in [-0.2, -0.15) is 0 Å². The first-order valence-corrected chi connectivity index (χ1v) is 5.87. The van der Waals surface area contributed by atoms with Crippen LogP contribution in [0.1, 0.15) is 18.4 Å². The molecule has 0 saturated heterocycles. The summed E-state index contributed by atoms with van der Waals surface area (Å²) in [6.07, 6.45) is 6.71. The molecule has 1 aromatic rings. The van der Waals surface area contributed by atoms with Crippen LogP contribution >= 0.6 is 0 Å². The van der Waals surface area contributed by atoms with Crippen LogP contribution in [0.25, 0.3) is 0 Å². The average Bonchev–Trinajstić information content (AvgIpc) is 2.35. The van der Waals surface area contributed by atoms with E-state index in [4.69, 9.17) is 17.3 Å². The maximum absolute atomic E-state index is 10.4. The number of terminal acetylenes is 1. The van der Waals surface area contributed by atoms with Gasteiger partial charge in [0.25, 0.3) is 0 Å². The second kappa shape index (κ2) is 7.36. The van der Waals surface area contributed by atoms with Crippen LogP contribution in [-0.2, 0) is 11.2 Å². The molecule has 1 atom stereocenters. The van der Waals surface area contributed by atoms with E-state index in [1.807, 2.05) is 24.3 Å². The number of aliphatic carboxylic acids is 1. The molecule has 0 bridgehead atoms. The summed E-state index contributed by atoms with van der Waals surface area (Å²) < 4.78 is 0. The molecular weight excluding hydrogens is 228 g/mol. The minimum Gasteiger partial charge on any atom is -0.481 e. The summed E-state index contributed by atoms with van der Waals surface area (Å²) in [6, 6.07) is 7.48. The first kappa shape index (κ1) is 14.1. The lowest BCUT2D eigenvalue weighted by molar-refractivity contribution is -0.137. The quantitative estimate of drug-likeness (QED) is 0.500. The Morgan fingerprint density at radius 2 is 2.11 bits per heavy atom. The Morgan fingerprint density at radius 3 is 2.67 bits per heavy atom. The highest BCUT2D eigenvalue weighted by Crippen LogP contribution is 2.05. The molecule has 0 aliphatic carbocycles. The van der Waals surface area contributed by atoms with Crippen LogP contribution in [0.15, 0.2) is 24.3 Å². The number of carboxylic acid groups (broad SMARTS) is 1. The zero-order valence-electron chi connectivity index (χ0n) is 10.2. The predicted molar refractivity (Wildman–Crippen MR) is 72.1 cm³/mol. The Morgan fingerprint density at radius 1 is 1.44 bits per heavy atom. The highest BCUT2D eigenvalue weighted by Gasteiger charge is 2.06. The number of carboxylic acids is 1.